The van der Waals surface area contributed by atoms with Gasteiger partial charge in [-0.3, -0.25) is 9.80 Å². The van der Waals surface area contributed by atoms with Crippen molar-refractivity contribution in [3.8, 4) is 0 Å². The summed E-state index contributed by atoms with van der Waals surface area (Å²) in [5.74, 6) is 0. The van der Waals surface area contributed by atoms with Gasteiger partial charge in [-0.2, -0.15) is 0 Å². The maximum absolute atomic E-state index is 10.1. The van der Waals surface area contributed by atoms with E-state index in [4.69, 9.17) is 4.74 Å². The number of hydrogen-bond acceptors (Lipinski definition) is 5. The van der Waals surface area contributed by atoms with Gasteiger partial charge in [-0.05, 0) is 19.5 Å². The van der Waals surface area contributed by atoms with Gasteiger partial charge < -0.3 is 15.2 Å². The quantitative estimate of drug-likeness (QED) is 0.661. The normalized spacial score (nSPS) is 26.6. The molecule has 0 spiro atoms. The van der Waals surface area contributed by atoms with Gasteiger partial charge in [-0.25, -0.2) is 0 Å². The Morgan fingerprint density at radius 2 is 1.71 bits per heavy atom. The van der Waals surface area contributed by atoms with Crippen LogP contribution in [0.3, 0.4) is 0 Å². The monoisotopic (exact) mass is 243 g/mol. The third kappa shape index (κ3) is 4.89. The van der Waals surface area contributed by atoms with Crippen molar-refractivity contribution in [3.63, 3.8) is 0 Å². The zero-order valence-corrected chi connectivity index (χ0v) is 10.6. The standard InChI is InChI=1S/C12H25N3O2/c16-12(11-15-6-8-17-9-7-15)10-14-4-1-2-13-3-5-14/h12-13,16H,1-11H2/t12-/m0/s1. The smallest absolute Gasteiger partial charge is 0.0793 e. The van der Waals surface area contributed by atoms with Crippen molar-refractivity contribution < 1.29 is 9.84 Å². The van der Waals surface area contributed by atoms with Crippen LogP contribution in [-0.2, 0) is 4.74 Å². The molecule has 100 valence electrons. The Morgan fingerprint density at radius 3 is 2.47 bits per heavy atom. The van der Waals surface area contributed by atoms with Crippen LogP contribution in [0.2, 0.25) is 0 Å². The number of nitrogens with zero attached hydrogens (tertiary/aromatic N) is 2. The summed E-state index contributed by atoms with van der Waals surface area (Å²) in [6.07, 6.45) is 0.954. The highest BCUT2D eigenvalue weighted by molar-refractivity contribution is 4.73. The van der Waals surface area contributed by atoms with Crippen molar-refractivity contribution in [1.29, 1.82) is 0 Å². The molecule has 0 saturated carbocycles. The Hall–Kier alpha value is -0.200. The molecule has 5 nitrogen and oxygen atoms in total. The predicted molar refractivity (Wildman–Crippen MR) is 67.2 cm³/mol. The Morgan fingerprint density at radius 1 is 1.00 bits per heavy atom. The molecule has 0 amide bonds. The largest absolute Gasteiger partial charge is 0.390 e. The van der Waals surface area contributed by atoms with Crippen LogP contribution in [0.1, 0.15) is 6.42 Å². The maximum Gasteiger partial charge on any atom is 0.0793 e. The summed E-state index contributed by atoms with van der Waals surface area (Å²) in [4.78, 5) is 4.66. The van der Waals surface area contributed by atoms with Gasteiger partial charge in [-0.1, -0.05) is 0 Å². The van der Waals surface area contributed by atoms with Crippen LogP contribution in [0.4, 0.5) is 0 Å². The number of aliphatic hydroxyl groups excluding tert-OH is 1. The van der Waals surface area contributed by atoms with E-state index in [0.717, 1.165) is 65.6 Å². The van der Waals surface area contributed by atoms with Crippen molar-refractivity contribution in [2.45, 2.75) is 12.5 Å². The third-order valence-electron chi connectivity index (χ3n) is 3.47. The van der Waals surface area contributed by atoms with Crippen LogP contribution >= 0.6 is 0 Å². The van der Waals surface area contributed by atoms with Gasteiger partial charge in [-0.15, -0.1) is 0 Å². The lowest BCUT2D eigenvalue weighted by Gasteiger charge is -2.30. The molecule has 1 atom stereocenters. The van der Waals surface area contributed by atoms with E-state index in [1.165, 1.54) is 6.42 Å². The van der Waals surface area contributed by atoms with E-state index in [0.29, 0.717) is 0 Å². The number of β-amino-alcohol motifs (C(OH)–C–C–N with tert-alkyl or cyclic N) is 1. The second-order valence-electron chi connectivity index (χ2n) is 4.97. The second-order valence-corrected chi connectivity index (χ2v) is 4.97. The molecule has 5 heteroatoms. The second kappa shape index (κ2) is 7.28. The molecule has 0 bridgehead atoms. The minimum atomic E-state index is -0.230. The molecule has 0 unspecified atom stereocenters. The van der Waals surface area contributed by atoms with Crippen molar-refractivity contribution in [1.82, 2.24) is 15.1 Å². The number of hydrogen-bond donors (Lipinski definition) is 2. The number of ether oxygens (including phenoxy) is 1. The minimum Gasteiger partial charge on any atom is -0.390 e. The molecular formula is C12H25N3O2. The lowest BCUT2D eigenvalue weighted by atomic mass is 10.2. The Balaban J connectivity index is 1.66. The van der Waals surface area contributed by atoms with Gasteiger partial charge in [0.05, 0.1) is 19.3 Å². The molecule has 2 rings (SSSR count). The van der Waals surface area contributed by atoms with E-state index >= 15 is 0 Å². The van der Waals surface area contributed by atoms with Crippen LogP contribution in [0, 0.1) is 0 Å². The first kappa shape index (κ1) is 13.2. The SMILES string of the molecule is O[C@@H](CN1CCCNCC1)CN1CCOCC1. The van der Waals surface area contributed by atoms with Crippen molar-refractivity contribution in [2.75, 3.05) is 65.6 Å². The van der Waals surface area contributed by atoms with E-state index in [2.05, 4.69) is 15.1 Å². The van der Waals surface area contributed by atoms with Crippen LogP contribution in [0.15, 0.2) is 0 Å². The molecular weight excluding hydrogens is 218 g/mol. The summed E-state index contributed by atoms with van der Waals surface area (Å²) < 4.78 is 5.31. The maximum atomic E-state index is 10.1. The Bertz CT molecular complexity index is 202. The molecule has 2 fully saturated rings. The molecule has 0 aromatic carbocycles. The average molecular weight is 243 g/mol. The first-order valence-electron chi connectivity index (χ1n) is 6.76. The summed E-state index contributed by atoms with van der Waals surface area (Å²) in [6, 6.07) is 0. The van der Waals surface area contributed by atoms with E-state index in [9.17, 15) is 5.11 Å². The molecule has 17 heavy (non-hydrogen) atoms. The predicted octanol–water partition coefficient (Wildman–Crippen LogP) is -1.03. The van der Waals surface area contributed by atoms with Crippen LogP contribution in [0.25, 0.3) is 0 Å². The summed E-state index contributed by atoms with van der Waals surface area (Å²) in [5.41, 5.74) is 0. The molecule has 2 N–H and O–H groups in total. The highest BCUT2D eigenvalue weighted by Gasteiger charge is 2.17. The van der Waals surface area contributed by atoms with Gasteiger partial charge in [0.25, 0.3) is 0 Å². The molecule has 0 aromatic heterocycles. The number of aliphatic hydroxyl groups is 1. The lowest BCUT2D eigenvalue weighted by molar-refractivity contribution is 0.00739. The zero-order valence-electron chi connectivity index (χ0n) is 10.6. The lowest BCUT2D eigenvalue weighted by Crippen LogP contribution is -2.45. The number of nitrogens with one attached hydrogen (secondary N) is 1. The fourth-order valence-corrected chi connectivity index (χ4v) is 2.52. The molecule has 0 aromatic rings. The van der Waals surface area contributed by atoms with Gasteiger partial charge in [0.2, 0.25) is 0 Å². The Kier molecular flexibility index (Phi) is 5.67. The average Bonchev–Trinajstić information content (AvgIpc) is 2.59. The first-order valence-corrected chi connectivity index (χ1v) is 6.76. The molecule has 0 aliphatic carbocycles. The highest BCUT2D eigenvalue weighted by atomic mass is 16.5. The van der Waals surface area contributed by atoms with Gasteiger partial charge in [0.15, 0.2) is 0 Å². The fraction of sp³-hybridized carbons (Fsp3) is 1.00. The van der Waals surface area contributed by atoms with E-state index in [1.807, 2.05) is 0 Å². The van der Waals surface area contributed by atoms with Gasteiger partial charge in [0, 0.05) is 39.3 Å². The zero-order chi connectivity index (χ0) is 11.9. The van der Waals surface area contributed by atoms with Crippen molar-refractivity contribution in [3.05, 3.63) is 0 Å². The summed E-state index contributed by atoms with van der Waals surface area (Å²) in [7, 11) is 0. The van der Waals surface area contributed by atoms with Gasteiger partial charge >= 0.3 is 0 Å². The van der Waals surface area contributed by atoms with Crippen LogP contribution in [-0.4, -0.2) is 86.6 Å². The highest BCUT2D eigenvalue weighted by Crippen LogP contribution is 2.02. The first-order chi connectivity index (χ1) is 8.34. The number of morpholine rings is 1. The molecule has 2 aliphatic heterocycles. The summed E-state index contributed by atoms with van der Waals surface area (Å²) in [5, 5.41) is 13.5. The molecule has 2 saturated heterocycles. The van der Waals surface area contributed by atoms with Crippen LogP contribution in [0.5, 0.6) is 0 Å². The van der Waals surface area contributed by atoms with Gasteiger partial charge in [0.1, 0.15) is 0 Å². The topological polar surface area (TPSA) is 48.0 Å². The van der Waals surface area contributed by atoms with Crippen LogP contribution < -0.4 is 5.32 Å². The molecule has 2 heterocycles. The Labute approximate surface area is 104 Å². The van der Waals surface area contributed by atoms with E-state index in [-0.39, 0.29) is 6.10 Å². The summed E-state index contributed by atoms with van der Waals surface area (Å²) in [6.45, 7) is 9.43. The third-order valence-corrected chi connectivity index (χ3v) is 3.47. The molecule has 0 radical (unpaired) electrons. The van der Waals surface area contributed by atoms with E-state index < -0.39 is 0 Å². The van der Waals surface area contributed by atoms with E-state index in [1.54, 1.807) is 0 Å². The number of rotatable bonds is 4. The van der Waals surface area contributed by atoms with Crippen molar-refractivity contribution in [2.24, 2.45) is 0 Å². The minimum absolute atomic E-state index is 0.230. The summed E-state index contributed by atoms with van der Waals surface area (Å²) >= 11 is 0. The fourth-order valence-electron chi connectivity index (χ4n) is 2.52. The van der Waals surface area contributed by atoms with Crippen molar-refractivity contribution >= 4 is 0 Å². The molecule has 2 aliphatic rings.